The predicted octanol–water partition coefficient (Wildman–Crippen LogP) is 1.97. The molecule has 0 N–H and O–H groups in total. The van der Waals surface area contributed by atoms with Gasteiger partial charge in [-0.2, -0.15) is 0 Å². The fourth-order valence-corrected chi connectivity index (χ4v) is 1.56. The largest absolute Gasteiger partial charge is 0.423 e. The van der Waals surface area contributed by atoms with E-state index in [0.717, 1.165) is 31.3 Å². The van der Waals surface area contributed by atoms with Crippen molar-refractivity contribution in [3.63, 3.8) is 0 Å². The first-order valence-corrected chi connectivity index (χ1v) is 4.59. The second-order valence-electron chi connectivity index (χ2n) is 3.24. The lowest BCUT2D eigenvalue weighted by Gasteiger charge is -2.15. The van der Waals surface area contributed by atoms with E-state index in [1.807, 2.05) is 0 Å². The molecule has 1 fully saturated rings. The number of carbonyl (C=O) groups excluding carboxylic acids is 2. The average Bonchev–Trinajstić information content (AvgIpc) is 2.15. The Hall–Kier alpha value is -1.12. The summed E-state index contributed by atoms with van der Waals surface area (Å²) in [4.78, 5) is 21.2. The molecule has 0 spiro atoms. The van der Waals surface area contributed by atoms with Crippen molar-refractivity contribution in [1.29, 1.82) is 0 Å². The van der Waals surface area contributed by atoms with E-state index in [4.69, 9.17) is 4.74 Å². The highest BCUT2D eigenvalue weighted by Gasteiger charge is 2.13. The Morgan fingerprint density at radius 1 is 1.31 bits per heavy atom. The number of carbonyl (C=O) groups is 2. The predicted molar refractivity (Wildman–Crippen MR) is 47.9 cm³/mol. The van der Waals surface area contributed by atoms with Gasteiger partial charge in [-0.25, -0.2) is 0 Å². The Kier molecular flexibility index (Phi) is 3.68. The van der Waals surface area contributed by atoms with E-state index in [-0.39, 0.29) is 5.76 Å². The molecule has 0 aromatic heterocycles. The quantitative estimate of drug-likeness (QED) is 0.284. The van der Waals surface area contributed by atoms with E-state index in [1.54, 1.807) is 0 Å². The van der Waals surface area contributed by atoms with Crippen LogP contribution in [0.2, 0.25) is 0 Å². The summed E-state index contributed by atoms with van der Waals surface area (Å²) in [5.74, 6) is -0.174. The van der Waals surface area contributed by atoms with Crippen LogP contribution in [-0.2, 0) is 14.3 Å². The first-order valence-electron chi connectivity index (χ1n) is 4.59. The summed E-state index contributed by atoms with van der Waals surface area (Å²) < 4.78 is 4.81. The van der Waals surface area contributed by atoms with Crippen molar-refractivity contribution in [2.75, 3.05) is 0 Å². The van der Waals surface area contributed by atoms with Crippen molar-refractivity contribution in [3.8, 4) is 0 Å². The lowest BCUT2D eigenvalue weighted by molar-refractivity contribution is -0.138. The summed E-state index contributed by atoms with van der Waals surface area (Å²) in [7, 11) is 0. The van der Waals surface area contributed by atoms with Crippen molar-refractivity contribution < 1.29 is 14.3 Å². The zero-order valence-electron chi connectivity index (χ0n) is 7.84. The SMILES string of the molecule is CC(=O)OC(C=O)=C1CCCCC1. The average molecular weight is 182 g/mol. The van der Waals surface area contributed by atoms with Gasteiger partial charge >= 0.3 is 5.97 Å². The smallest absolute Gasteiger partial charge is 0.308 e. The van der Waals surface area contributed by atoms with Crippen LogP contribution in [0.25, 0.3) is 0 Å². The molecule has 0 heterocycles. The number of rotatable bonds is 2. The Bertz CT molecular complexity index is 233. The fourth-order valence-electron chi connectivity index (χ4n) is 1.56. The topological polar surface area (TPSA) is 43.4 Å². The summed E-state index contributed by atoms with van der Waals surface area (Å²) in [5.41, 5.74) is 0.997. The fraction of sp³-hybridized carbons (Fsp3) is 0.600. The van der Waals surface area contributed by atoms with Crippen molar-refractivity contribution in [3.05, 3.63) is 11.3 Å². The first kappa shape index (κ1) is 9.96. The summed E-state index contributed by atoms with van der Waals surface area (Å²) >= 11 is 0. The molecule has 0 bridgehead atoms. The lowest BCUT2D eigenvalue weighted by atomic mass is 9.94. The van der Waals surface area contributed by atoms with Gasteiger partial charge in [-0.15, -0.1) is 0 Å². The maximum atomic E-state index is 10.6. The monoisotopic (exact) mass is 182 g/mol. The van der Waals surface area contributed by atoms with E-state index < -0.39 is 5.97 Å². The van der Waals surface area contributed by atoms with E-state index in [2.05, 4.69) is 0 Å². The highest BCUT2D eigenvalue weighted by molar-refractivity contribution is 5.78. The van der Waals surface area contributed by atoms with Gasteiger partial charge in [-0.1, -0.05) is 6.42 Å². The molecular weight excluding hydrogens is 168 g/mol. The number of ether oxygens (including phenoxy) is 1. The molecule has 3 heteroatoms. The number of hydrogen-bond donors (Lipinski definition) is 0. The van der Waals surface area contributed by atoms with Crippen LogP contribution < -0.4 is 0 Å². The van der Waals surface area contributed by atoms with E-state index in [0.29, 0.717) is 6.29 Å². The van der Waals surface area contributed by atoms with Crippen LogP contribution in [-0.4, -0.2) is 12.3 Å². The molecule has 0 radical (unpaired) electrons. The van der Waals surface area contributed by atoms with E-state index in [1.165, 1.54) is 13.3 Å². The minimum Gasteiger partial charge on any atom is -0.423 e. The van der Waals surface area contributed by atoms with Crippen LogP contribution in [0.4, 0.5) is 0 Å². The molecule has 1 rings (SSSR count). The standard InChI is InChI=1S/C10H14O3/c1-8(12)13-10(7-11)9-5-3-2-4-6-9/h7H,2-6H2,1H3. The zero-order valence-corrected chi connectivity index (χ0v) is 7.84. The molecule has 0 aliphatic heterocycles. The van der Waals surface area contributed by atoms with Gasteiger partial charge in [0.15, 0.2) is 12.0 Å². The van der Waals surface area contributed by atoms with E-state index in [9.17, 15) is 9.59 Å². The minimum absolute atomic E-state index is 0.243. The van der Waals surface area contributed by atoms with Gasteiger partial charge in [0, 0.05) is 6.92 Å². The molecule has 72 valence electrons. The van der Waals surface area contributed by atoms with Crippen LogP contribution in [0.5, 0.6) is 0 Å². The molecule has 1 saturated carbocycles. The third kappa shape index (κ3) is 3.01. The number of allylic oxidation sites excluding steroid dienone is 2. The summed E-state index contributed by atoms with van der Waals surface area (Å²) in [6, 6.07) is 0. The number of aldehydes is 1. The summed E-state index contributed by atoms with van der Waals surface area (Å²) in [6.45, 7) is 1.31. The van der Waals surface area contributed by atoms with Gasteiger partial charge < -0.3 is 4.74 Å². The molecule has 0 aromatic rings. The number of hydrogen-bond acceptors (Lipinski definition) is 3. The molecule has 0 saturated heterocycles. The maximum absolute atomic E-state index is 10.6. The zero-order chi connectivity index (χ0) is 9.68. The molecule has 0 amide bonds. The maximum Gasteiger partial charge on any atom is 0.308 e. The van der Waals surface area contributed by atoms with Crippen LogP contribution in [0.15, 0.2) is 11.3 Å². The highest BCUT2D eigenvalue weighted by atomic mass is 16.5. The van der Waals surface area contributed by atoms with Gasteiger partial charge in [0.25, 0.3) is 0 Å². The van der Waals surface area contributed by atoms with Crippen molar-refractivity contribution in [2.45, 2.75) is 39.0 Å². The van der Waals surface area contributed by atoms with Gasteiger partial charge in [0.2, 0.25) is 0 Å². The van der Waals surface area contributed by atoms with Gasteiger partial charge in [0.1, 0.15) is 0 Å². The molecule has 1 aliphatic carbocycles. The molecule has 0 unspecified atom stereocenters. The van der Waals surface area contributed by atoms with Gasteiger partial charge in [-0.3, -0.25) is 9.59 Å². The molecule has 0 atom stereocenters. The molecule has 0 aromatic carbocycles. The van der Waals surface area contributed by atoms with Gasteiger partial charge in [0.05, 0.1) is 0 Å². The van der Waals surface area contributed by atoms with Crippen LogP contribution in [0, 0.1) is 0 Å². The Balaban J connectivity index is 2.69. The van der Waals surface area contributed by atoms with Gasteiger partial charge in [-0.05, 0) is 31.3 Å². The van der Waals surface area contributed by atoms with Crippen molar-refractivity contribution in [1.82, 2.24) is 0 Å². The van der Waals surface area contributed by atoms with E-state index >= 15 is 0 Å². The van der Waals surface area contributed by atoms with Crippen molar-refractivity contribution >= 4 is 12.3 Å². The van der Waals surface area contributed by atoms with Crippen LogP contribution in [0.1, 0.15) is 39.0 Å². The molecule has 13 heavy (non-hydrogen) atoms. The number of esters is 1. The minimum atomic E-state index is -0.417. The first-order chi connectivity index (χ1) is 6.24. The van der Waals surface area contributed by atoms with Crippen molar-refractivity contribution in [2.24, 2.45) is 0 Å². The third-order valence-electron chi connectivity index (χ3n) is 2.17. The summed E-state index contributed by atoms with van der Waals surface area (Å²) in [6.07, 6.45) is 5.81. The summed E-state index contributed by atoms with van der Waals surface area (Å²) in [5, 5.41) is 0. The highest BCUT2D eigenvalue weighted by Crippen LogP contribution is 2.25. The molecule has 3 nitrogen and oxygen atoms in total. The Morgan fingerprint density at radius 2 is 1.92 bits per heavy atom. The molecule has 1 aliphatic rings. The Morgan fingerprint density at radius 3 is 2.38 bits per heavy atom. The Labute approximate surface area is 77.8 Å². The second kappa shape index (κ2) is 4.80. The van der Waals surface area contributed by atoms with Crippen LogP contribution >= 0.6 is 0 Å². The lowest BCUT2D eigenvalue weighted by Crippen LogP contribution is -2.06. The normalized spacial score (nSPS) is 16.5. The van der Waals surface area contributed by atoms with Crippen LogP contribution in [0.3, 0.4) is 0 Å². The third-order valence-corrected chi connectivity index (χ3v) is 2.17. The molecular formula is C10H14O3. The second-order valence-corrected chi connectivity index (χ2v) is 3.24.